The van der Waals surface area contributed by atoms with Gasteiger partial charge in [0.15, 0.2) is 0 Å². The third kappa shape index (κ3) is 4.00. The summed E-state index contributed by atoms with van der Waals surface area (Å²) >= 11 is 0. The summed E-state index contributed by atoms with van der Waals surface area (Å²) in [6, 6.07) is 8.87. The standard InChI is InChI=1S/C15H24N2O/c1-4-16-15(11-17(2)3)12-6-5-7-14(10-12)18-13-8-9-13/h5-7,10,13,15-16H,4,8-9,11H2,1-3H3. The van der Waals surface area contributed by atoms with Gasteiger partial charge in [0, 0.05) is 12.6 Å². The summed E-state index contributed by atoms with van der Waals surface area (Å²) in [5, 5.41) is 3.53. The maximum absolute atomic E-state index is 5.86. The third-order valence-electron chi connectivity index (χ3n) is 3.09. The van der Waals surface area contributed by atoms with Gasteiger partial charge in [-0.3, -0.25) is 0 Å². The van der Waals surface area contributed by atoms with Crippen molar-refractivity contribution in [1.29, 1.82) is 0 Å². The van der Waals surface area contributed by atoms with Crippen LogP contribution in [0, 0.1) is 0 Å². The molecule has 0 amide bonds. The fraction of sp³-hybridized carbons (Fsp3) is 0.600. The first kappa shape index (κ1) is 13.4. The fourth-order valence-corrected chi connectivity index (χ4v) is 2.08. The van der Waals surface area contributed by atoms with Crippen molar-refractivity contribution in [2.24, 2.45) is 0 Å². The van der Waals surface area contributed by atoms with Crippen molar-refractivity contribution in [1.82, 2.24) is 10.2 Å². The smallest absolute Gasteiger partial charge is 0.120 e. The zero-order valence-electron chi connectivity index (χ0n) is 11.6. The van der Waals surface area contributed by atoms with E-state index in [0.29, 0.717) is 12.1 Å². The molecule has 3 heteroatoms. The first-order chi connectivity index (χ1) is 8.69. The molecule has 1 aliphatic carbocycles. The van der Waals surface area contributed by atoms with Crippen LogP contribution in [0.25, 0.3) is 0 Å². The number of likely N-dealkylation sites (N-methyl/N-ethyl adjacent to an activating group) is 2. The number of benzene rings is 1. The second-order valence-electron chi connectivity index (χ2n) is 5.26. The lowest BCUT2D eigenvalue weighted by Crippen LogP contribution is -2.31. The van der Waals surface area contributed by atoms with E-state index in [4.69, 9.17) is 4.74 Å². The zero-order valence-corrected chi connectivity index (χ0v) is 11.6. The first-order valence-electron chi connectivity index (χ1n) is 6.83. The molecule has 0 saturated heterocycles. The number of rotatable bonds is 7. The minimum atomic E-state index is 0.368. The maximum atomic E-state index is 5.86. The second kappa shape index (κ2) is 6.21. The van der Waals surface area contributed by atoms with Crippen LogP contribution >= 0.6 is 0 Å². The number of ether oxygens (including phenoxy) is 1. The number of hydrogen-bond acceptors (Lipinski definition) is 3. The van der Waals surface area contributed by atoms with Gasteiger partial charge in [-0.05, 0) is 51.2 Å². The van der Waals surface area contributed by atoms with E-state index in [9.17, 15) is 0 Å². The average Bonchev–Trinajstić information content (AvgIpc) is 3.12. The minimum Gasteiger partial charge on any atom is -0.490 e. The van der Waals surface area contributed by atoms with Gasteiger partial charge in [-0.1, -0.05) is 19.1 Å². The Bertz CT molecular complexity index is 375. The van der Waals surface area contributed by atoms with Crippen molar-refractivity contribution in [3.63, 3.8) is 0 Å². The fourth-order valence-electron chi connectivity index (χ4n) is 2.08. The SMILES string of the molecule is CCNC(CN(C)C)c1cccc(OC2CC2)c1. The molecule has 3 nitrogen and oxygen atoms in total. The largest absolute Gasteiger partial charge is 0.490 e. The lowest BCUT2D eigenvalue weighted by Gasteiger charge is -2.22. The van der Waals surface area contributed by atoms with Crippen LogP contribution in [0.3, 0.4) is 0 Å². The number of nitrogens with one attached hydrogen (secondary N) is 1. The number of hydrogen-bond donors (Lipinski definition) is 1. The Kier molecular flexibility index (Phi) is 4.61. The summed E-state index contributed by atoms with van der Waals surface area (Å²) in [6.07, 6.45) is 2.88. The summed E-state index contributed by atoms with van der Waals surface area (Å²) in [5.74, 6) is 1.01. The van der Waals surface area contributed by atoms with Gasteiger partial charge < -0.3 is 15.0 Å². The summed E-state index contributed by atoms with van der Waals surface area (Å²) in [6.45, 7) is 4.13. The van der Waals surface area contributed by atoms with E-state index >= 15 is 0 Å². The van der Waals surface area contributed by atoms with Crippen LogP contribution in [0.4, 0.5) is 0 Å². The molecule has 1 saturated carbocycles. The predicted molar refractivity (Wildman–Crippen MR) is 75.1 cm³/mol. The molecule has 0 aliphatic heterocycles. The molecule has 100 valence electrons. The molecule has 1 N–H and O–H groups in total. The van der Waals surface area contributed by atoms with Crippen LogP contribution in [-0.2, 0) is 0 Å². The van der Waals surface area contributed by atoms with Gasteiger partial charge >= 0.3 is 0 Å². The van der Waals surface area contributed by atoms with Gasteiger partial charge in [0.2, 0.25) is 0 Å². The van der Waals surface area contributed by atoms with Crippen molar-refractivity contribution in [3.05, 3.63) is 29.8 Å². The highest BCUT2D eigenvalue weighted by atomic mass is 16.5. The zero-order chi connectivity index (χ0) is 13.0. The van der Waals surface area contributed by atoms with Crippen LogP contribution in [0.2, 0.25) is 0 Å². The predicted octanol–water partition coefficient (Wildman–Crippen LogP) is 2.44. The highest BCUT2D eigenvalue weighted by Gasteiger charge is 2.23. The third-order valence-corrected chi connectivity index (χ3v) is 3.09. The first-order valence-corrected chi connectivity index (χ1v) is 6.83. The Hall–Kier alpha value is -1.06. The Labute approximate surface area is 110 Å². The van der Waals surface area contributed by atoms with E-state index in [1.807, 2.05) is 0 Å². The van der Waals surface area contributed by atoms with Crippen LogP contribution in [0.1, 0.15) is 31.4 Å². The lowest BCUT2D eigenvalue weighted by atomic mass is 10.1. The molecule has 1 aromatic rings. The molecule has 0 aromatic heterocycles. The molecule has 0 bridgehead atoms. The van der Waals surface area contributed by atoms with Crippen molar-refractivity contribution in [2.45, 2.75) is 31.9 Å². The highest BCUT2D eigenvalue weighted by molar-refractivity contribution is 5.31. The van der Waals surface area contributed by atoms with Crippen LogP contribution < -0.4 is 10.1 Å². The number of nitrogens with zero attached hydrogens (tertiary/aromatic N) is 1. The van der Waals surface area contributed by atoms with E-state index in [-0.39, 0.29) is 0 Å². The van der Waals surface area contributed by atoms with E-state index in [2.05, 4.69) is 55.5 Å². The Morgan fingerprint density at radius 2 is 2.17 bits per heavy atom. The van der Waals surface area contributed by atoms with E-state index in [1.54, 1.807) is 0 Å². The molecule has 1 fully saturated rings. The van der Waals surface area contributed by atoms with E-state index in [0.717, 1.165) is 18.8 Å². The minimum absolute atomic E-state index is 0.368. The molecule has 1 unspecified atom stereocenters. The summed E-state index contributed by atoms with van der Waals surface area (Å²) in [5.41, 5.74) is 1.31. The van der Waals surface area contributed by atoms with Crippen molar-refractivity contribution < 1.29 is 4.74 Å². The summed E-state index contributed by atoms with van der Waals surface area (Å²) in [7, 11) is 4.21. The quantitative estimate of drug-likeness (QED) is 0.802. The summed E-state index contributed by atoms with van der Waals surface area (Å²) < 4.78 is 5.86. The molecule has 0 spiro atoms. The van der Waals surface area contributed by atoms with Crippen LogP contribution in [-0.4, -0.2) is 38.2 Å². The Morgan fingerprint density at radius 1 is 1.39 bits per heavy atom. The van der Waals surface area contributed by atoms with Crippen molar-refractivity contribution in [2.75, 3.05) is 27.2 Å². The van der Waals surface area contributed by atoms with E-state index < -0.39 is 0 Å². The van der Waals surface area contributed by atoms with Crippen molar-refractivity contribution in [3.8, 4) is 5.75 Å². The van der Waals surface area contributed by atoms with Gasteiger partial charge in [-0.25, -0.2) is 0 Å². The molecule has 18 heavy (non-hydrogen) atoms. The molecular weight excluding hydrogens is 224 g/mol. The maximum Gasteiger partial charge on any atom is 0.120 e. The molecule has 2 rings (SSSR count). The second-order valence-corrected chi connectivity index (χ2v) is 5.26. The van der Waals surface area contributed by atoms with Gasteiger partial charge in [0.05, 0.1) is 6.10 Å². The Balaban J connectivity index is 2.06. The van der Waals surface area contributed by atoms with Gasteiger partial charge in [0.1, 0.15) is 5.75 Å². The topological polar surface area (TPSA) is 24.5 Å². The van der Waals surface area contributed by atoms with E-state index in [1.165, 1.54) is 18.4 Å². The van der Waals surface area contributed by atoms with Crippen LogP contribution in [0.5, 0.6) is 5.75 Å². The van der Waals surface area contributed by atoms with Crippen molar-refractivity contribution >= 4 is 0 Å². The monoisotopic (exact) mass is 248 g/mol. The molecule has 1 atom stereocenters. The highest BCUT2D eigenvalue weighted by Crippen LogP contribution is 2.28. The Morgan fingerprint density at radius 3 is 2.78 bits per heavy atom. The molecule has 1 aliphatic rings. The van der Waals surface area contributed by atoms with Gasteiger partial charge in [-0.2, -0.15) is 0 Å². The molecular formula is C15H24N2O. The summed E-state index contributed by atoms with van der Waals surface area (Å²) in [4.78, 5) is 2.21. The lowest BCUT2D eigenvalue weighted by molar-refractivity contribution is 0.301. The van der Waals surface area contributed by atoms with Gasteiger partial charge in [0.25, 0.3) is 0 Å². The van der Waals surface area contributed by atoms with Crippen LogP contribution in [0.15, 0.2) is 24.3 Å². The molecule has 0 radical (unpaired) electrons. The molecule has 1 aromatic carbocycles. The normalized spacial score (nSPS) is 16.9. The average molecular weight is 248 g/mol. The van der Waals surface area contributed by atoms with Gasteiger partial charge in [-0.15, -0.1) is 0 Å². The molecule has 0 heterocycles.